The summed E-state index contributed by atoms with van der Waals surface area (Å²) in [6.45, 7) is 0.736. The van der Waals surface area contributed by atoms with Crippen molar-refractivity contribution in [2.75, 3.05) is 23.8 Å². The van der Waals surface area contributed by atoms with Crippen LogP contribution in [-0.4, -0.2) is 34.5 Å². The second-order valence-corrected chi connectivity index (χ2v) is 5.75. The molecule has 3 aromatic rings. The maximum absolute atomic E-state index is 12.9. The molecule has 0 saturated heterocycles. The number of hydrogen-bond donors (Lipinski definition) is 1. The molecular weight excluding hydrogens is 333 g/mol. The standard InChI is InChI=1S/C19H18FN5O/c1-25(11-8-14-6-9-21-10-7-14)18-12-17(22-13-23-18)19(26)24-16-4-2-15(20)3-5-16/h2-7,9-10,12-13H,8,11H2,1H3,(H,24,26). The van der Waals surface area contributed by atoms with Gasteiger partial charge in [-0.2, -0.15) is 0 Å². The highest BCUT2D eigenvalue weighted by atomic mass is 19.1. The molecule has 7 heteroatoms. The van der Waals surface area contributed by atoms with Gasteiger partial charge in [0.2, 0.25) is 0 Å². The summed E-state index contributed by atoms with van der Waals surface area (Å²) >= 11 is 0. The lowest BCUT2D eigenvalue weighted by Crippen LogP contribution is -2.23. The third-order valence-electron chi connectivity index (χ3n) is 3.86. The van der Waals surface area contributed by atoms with Gasteiger partial charge in [0, 0.05) is 37.7 Å². The van der Waals surface area contributed by atoms with Crippen LogP contribution in [0.25, 0.3) is 0 Å². The summed E-state index contributed by atoms with van der Waals surface area (Å²) in [5.41, 5.74) is 1.92. The number of amides is 1. The fraction of sp³-hybridized carbons (Fsp3) is 0.158. The Labute approximate surface area is 150 Å². The van der Waals surface area contributed by atoms with Crippen molar-refractivity contribution in [3.63, 3.8) is 0 Å². The first-order valence-electron chi connectivity index (χ1n) is 8.11. The van der Waals surface area contributed by atoms with Gasteiger partial charge in [-0.25, -0.2) is 14.4 Å². The Morgan fingerprint density at radius 2 is 1.85 bits per heavy atom. The molecule has 2 aromatic heterocycles. The van der Waals surface area contributed by atoms with E-state index in [2.05, 4.69) is 20.3 Å². The van der Waals surface area contributed by atoms with Crippen LogP contribution >= 0.6 is 0 Å². The van der Waals surface area contributed by atoms with Crippen molar-refractivity contribution in [1.82, 2.24) is 15.0 Å². The number of carbonyl (C=O) groups is 1. The van der Waals surface area contributed by atoms with Crippen molar-refractivity contribution in [3.05, 3.63) is 78.3 Å². The Morgan fingerprint density at radius 1 is 1.12 bits per heavy atom. The molecule has 132 valence electrons. The van der Waals surface area contributed by atoms with Crippen LogP contribution < -0.4 is 10.2 Å². The smallest absolute Gasteiger partial charge is 0.274 e. The quantitative estimate of drug-likeness (QED) is 0.739. The molecule has 26 heavy (non-hydrogen) atoms. The first-order valence-corrected chi connectivity index (χ1v) is 8.11. The van der Waals surface area contributed by atoms with Gasteiger partial charge in [0.25, 0.3) is 5.91 Å². The molecule has 1 N–H and O–H groups in total. The van der Waals surface area contributed by atoms with E-state index in [1.54, 1.807) is 18.5 Å². The maximum atomic E-state index is 12.9. The molecule has 0 bridgehead atoms. The fourth-order valence-electron chi connectivity index (χ4n) is 2.37. The summed E-state index contributed by atoms with van der Waals surface area (Å²) in [5.74, 6) is -0.0794. The second kappa shape index (κ2) is 8.15. The van der Waals surface area contributed by atoms with Gasteiger partial charge in [0.1, 0.15) is 23.7 Å². The number of likely N-dealkylation sites (N-methyl/N-ethyl adjacent to an activating group) is 1. The van der Waals surface area contributed by atoms with E-state index in [1.807, 2.05) is 24.1 Å². The van der Waals surface area contributed by atoms with Gasteiger partial charge < -0.3 is 10.2 Å². The summed E-state index contributed by atoms with van der Waals surface area (Å²) in [6, 6.07) is 11.1. The Kier molecular flexibility index (Phi) is 5.48. The fourth-order valence-corrected chi connectivity index (χ4v) is 2.37. The number of hydrogen-bond acceptors (Lipinski definition) is 5. The van der Waals surface area contributed by atoms with Crippen LogP contribution in [0.3, 0.4) is 0 Å². The topological polar surface area (TPSA) is 71.0 Å². The van der Waals surface area contributed by atoms with E-state index in [1.165, 1.54) is 36.2 Å². The number of benzene rings is 1. The van der Waals surface area contributed by atoms with Crippen molar-refractivity contribution < 1.29 is 9.18 Å². The Morgan fingerprint density at radius 3 is 2.58 bits per heavy atom. The van der Waals surface area contributed by atoms with Gasteiger partial charge in [-0.3, -0.25) is 9.78 Å². The molecule has 0 atom stereocenters. The van der Waals surface area contributed by atoms with Crippen molar-refractivity contribution in [1.29, 1.82) is 0 Å². The predicted molar refractivity (Wildman–Crippen MR) is 97.6 cm³/mol. The predicted octanol–water partition coefficient (Wildman–Crippen LogP) is 2.94. The molecule has 3 rings (SSSR count). The normalized spacial score (nSPS) is 10.4. The number of nitrogens with one attached hydrogen (secondary N) is 1. The van der Waals surface area contributed by atoms with Gasteiger partial charge in [-0.1, -0.05) is 0 Å². The van der Waals surface area contributed by atoms with E-state index >= 15 is 0 Å². The van der Waals surface area contributed by atoms with Crippen LogP contribution in [0.4, 0.5) is 15.9 Å². The third-order valence-corrected chi connectivity index (χ3v) is 3.86. The van der Waals surface area contributed by atoms with E-state index in [9.17, 15) is 9.18 Å². The van der Waals surface area contributed by atoms with Crippen molar-refractivity contribution in [2.45, 2.75) is 6.42 Å². The SMILES string of the molecule is CN(CCc1ccncc1)c1cc(C(=O)Nc2ccc(F)cc2)ncn1. The van der Waals surface area contributed by atoms with E-state index in [4.69, 9.17) is 0 Å². The van der Waals surface area contributed by atoms with E-state index in [-0.39, 0.29) is 17.4 Å². The lowest BCUT2D eigenvalue weighted by molar-refractivity contribution is 0.102. The van der Waals surface area contributed by atoms with Gasteiger partial charge >= 0.3 is 0 Å². The molecule has 0 aliphatic heterocycles. The summed E-state index contributed by atoms with van der Waals surface area (Å²) in [4.78, 5) is 26.5. The molecule has 0 aliphatic rings. The van der Waals surface area contributed by atoms with E-state index in [0.29, 0.717) is 11.5 Å². The third kappa shape index (κ3) is 4.60. The van der Waals surface area contributed by atoms with Crippen molar-refractivity contribution >= 4 is 17.4 Å². The van der Waals surface area contributed by atoms with E-state index < -0.39 is 0 Å². The van der Waals surface area contributed by atoms with Crippen LogP contribution in [0, 0.1) is 5.82 Å². The molecule has 0 saturated carbocycles. The molecule has 1 aromatic carbocycles. The number of pyridine rings is 1. The van der Waals surface area contributed by atoms with Gasteiger partial charge in [-0.05, 0) is 48.4 Å². The molecule has 0 aliphatic carbocycles. The number of nitrogens with zero attached hydrogens (tertiary/aromatic N) is 4. The highest BCUT2D eigenvalue weighted by molar-refractivity contribution is 6.03. The van der Waals surface area contributed by atoms with Crippen molar-refractivity contribution in [2.24, 2.45) is 0 Å². The zero-order chi connectivity index (χ0) is 18.4. The Hall–Kier alpha value is -3.35. The number of halogens is 1. The van der Waals surface area contributed by atoms with Gasteiger partial charge in [0.15, 0.2) is 0 Å². The van der Waals surface area contributed by atoms with Crippen LogP contribution in [0.5, 0.6) is 0 Å². The largest absolute Gasteiger partial charge is 0.359 e. The molecule has 2 heterocycles. The zero-order valence-electron chi connectivity index (χ0n) is 14.3. The van der Waals surface area contributed by atoms with Gasteiger partial charge in [-0.15, -0.1) is 0 Å². The van der Waals surface area contributed by atoms with Crippen LogP contribution in [0.1, 0.15) is 16.1 Å². The summed E-state index contributed by atoms with van der Waals surface area (Å²) < 4.78 is 12.9. The highest BCUT2D eigenvalue weighted by Gasteiger charge is 2.11. The summed E-state index contributed by atoms with van der Waals surface area (Å²) in [7, 11) is 1.91. The minimum Gasteiger partial charge on any atom is -0.359 e. The molecule has 0 unspecified atom stereocenters. The Bertz CT molecular complexity index is 871. The first kappa shape index (κ1) is 17.5. The molecule has 0 fully saturated rings. The molecule has 0 spiro atoms. The first-order chi connectivity index (χ1) is 12.6. The average Bonchev–Trinajstić information content (AvgIpc) is 2.69. The molecule has 1 amide bonds. The monoisotopic (exact) mass is 351 g/mol. The summed E-state index contributed by atoms with van der Waals surface area (Å²) in [5, 5.41) is 2.69. The van der Waals surface area contributed by atoms with Crippen LogP contribution in [0.2, 0.25) is 0 Å². The number of carbonyl (C=O) groups excluding carboxylic acids is 1. The lowest BCUT2D eigenvalue weighted by Gasteiger charge is -2.18. The number of anilines is 2. The summed E-state index contributed by atoms with van der Waals surface area (Å²) in [6.07, 6.45) is 5.72. The Balaban J connectivity index is 1.65. The number of rotatable bonds is 6. The van der Waals surface area contributed by atoms with Gasteiger partial charge in [0.05, 0.1) is 0 Å². The van der Waals surface area contributed by atoms with Crippen molar-refractivity contribution in [3.8, 4) is 0 Å². The lowest BCUT2D eigenvalue weighted by atomic mass is 10.2. The minimum atomic E-state index is -0.372. The number of aromatic nitrogens is 3. The van der Waals surface area contributed by atoms with Crippen LogP contribution in [-0.2, 0) is 6.42 Å². The van der Waals surface area contributed by atoms with Crippen LogP contribution in [0.15, 0.2) is 61.2 Å². The molecule has 6 nitrogen and oxygen atoms in total. The highest BCUT2D eigenvalue weighted by Crippen LogP contribution is 2.13. The molecule has 0 radical (unpaired) electrons. The van der Waals surface area contributed by atoms with E-state index in [0.717, 1.165) is 13.0 Å². The maximum Gasteiger partial charge on any atom is 0.274 e. The molecular formula is C19H18FN5O. The minimum absolute atomic E-state index is 0.245. The second-order valence-electron chi connectivity index (χ2n) is 5.75. The average molecular weight is 351 g/mol. The zero-order valence-corrected chi connectivity index (χ0v) is 14.3.